The highest BCUT2D eigenvalue weighted by molar-refractivity contribution is 8.00. The predicted octanol–water partition coefficient (Wildman–Crippen LogP) is 13.2. The first-order valence-corrected chi connectivity index (χ1v) is 27.0. The molecule has 59 heavy (non-hydrogen) atoms. The third-order valence-corrected chi connectivity index (χ3v) is 14.7. The van der Waals surface area contributed by atoms with Gasteiger partial charge in [-0.1, -0.05) is 163 Å². The van der Waals surface area contributed by atoms with Gasteiger partial charge < -0.3 is 19.5 Å². The zero-order valence-electron chi connectivity index (χ0n) is 39.6. The summed E-state index contributed by atoms with van der Waals surface area (Å²) in [4.78, 5) is 31.5. The van der Waals surface area contributed by atoms with Gasteiger partial charge in [-0.05, 0) is 94.9 Å². The highest BCUT2D eigenvalue weighted by Crippen LogP contribution is 2.33. The van der Waals surface area contributed by atoms with Gasteiger partial charge in [-0.25, -0.2) is 0 Å². The maximum atomic E-state index is 13.4. The van der Waals surface area contributed by atoms with Gasteiger partial charge in [0, 0.05) is 26.2 Å². The number of unbranched alkanes of at least 4 members (excludes halogenated alkanes) is 18. The first-order valence-electron chi connectivity index (χ1n) is 26.0. The average molecular weight is 851 g/mol. The summed E-state index contributed by atoms with van der Waals surface area (Å²) in [6.45, 7) is 16.2. The molecule has 348 valence electrons. The largest absolute Gasteiger partial charge is 0.465 e. The van der Waals surface area contributed by atoms with Gasteiger partial charge in [0.05, 0.1) is 25.2 Å². The first-order chi connectivity index (χ1) is 28.9. The summed E-state index contributed by atoms with van der Waals surface area (Å²) in [6, 6.07) is 0. The predicted molar refractivity (Wildman–Crippen MR) is 253 cm³/mol. The second-order valence-electron chi connectivity index (χ2n) is 18.9. The number of rotatable bonds is 41. The topological polar surface area (TPSA) is 79.3 Å². The van der Waals surface area contributed by atoms with Crippen molar-refractivity contribution in [1.82, 2.24) is 9.80 Å². The van der Waals surface area contributed by atoms with Crippen LogP contribution in [0.25, 0.3) is 0 Å². The Balaban J connectivity index is 1.76. The fourth-order valence-corrected chi connectivity index (χ4v) is 10.6. The van der Waals surface area contributed by atoms with Crippen LogP contribution < -0.4 is 0 Å². The van der Waals surface area contributed by atoms with Crippen LogP contribution in [0.1, 0.15) is 227 Å². The number of nitrogens with zero attached hydrogens (tertiary/aromatic N) is 2. The molecule has 0 amide bonds. The van der Waals surface area contributed by atoms with Crippen LogP contribution >= 0.6 is 11.8 Å². The Morgan fingerprint density at radius 1 is 0.661 bits per heavy atom. The Bertz CT molecular complexity index is 980. The SMILES string of the molecule is CCCCCCCCC(CCCCCC)COC(=O)C1CC(CN(CCN2CCCC2)CC(O)CCCCCOC(=O)C(CCCCCC)CCCCCCCC)CS1. The molecule has 2 heterocycles. The third-order valence-electron chi connectivity index (χ3n) is 13.2. The normalized spacial score (nSPS) is 18.7. The Morgan fingerprint density at radius 2 is 1.17 bits per heavy atom. The van der Waals surface area contributed by atoms with Gasteiger partial charge in [-0.3, -0.25) is 14.5 Å². The second-order valence-corrected chi connectivity index (χ2v) is 20.1. The summed E-state index contributed by atoms with van der Waals surface area (Å²) < 4.78 is 11.9. The highest BCUT2D eigenvalue weighted by Gasteiger charge is 2.33. The summed E-state index contributed by atoms with van der Waals surface area (Å²) in [6.07, 6.45) is 36.3. The van der Waals surface area contributed by atoms with Crippen molar-refractivity contribution in [2.24, 2.45) is 17.8 Å². The number of carbonyl (C=O) groups is 2. The van der Waals surface area contributed by atoms with Crippen LogP contribution in [0.4, 0.5) is 0 Å². The van der Waals surface area contributed by atoms with E-state index in [1.54, 1.807) is 11.8 Å². The van der Waals surface area contributed by atoms with Crippen molar-refractivity contribution < 1.29 is 24.2 Å². The van der Waals surface area contributed by atoms with Gasteiger partial charge in [0.2, 0.25) is 0 Å². The highest BCUT2D eigenvalue weighted by atomic mass is 32.2. The molecule has 2 fully saturated rings. The fourth-order valence-electron chi connectivity index (χ4n) is 9.28. The molecule has 5 atom stereocenters. The number of likely N-dealkylation sites (tertiary alicyclic amines) is 1. The van der Waals surface area contributed by atoms with Crippen LogP contribution in [-0.2, 0) is 19.1 Å². The smallest absolute Gasteiger partial charge is 0.319 e. The minimum atomic E-state index is -0.364. The summed E-state index contributed by atoms with van der Waals surface area (Å²) >= 11 is 1.80. The van der Waals surface area contributed by atoms with E-state index in [0.29, 0.717) is 31.6 Å². The molecule has 2 aliphatic rings. The number of aliphatic hydroxyl groups excluding tert-OH is 1. The van der Waals surface area contributed by atoms with Gasteiger partial charge >= 0.3 is 11.9 Å². The van der Waals surface area contributed by atoms with Gasteiger partial charge in [-0.2, -0.15) is 0 Å². The first kappa shape index (κ1) is 54.3. The molecule has 2 aliphatic heterocycles. The van der Waals surface area contributed by atoms with Crippen molar-refractivity contribution in [3.8, 4) is 0 Å². The molecule has 0 saturated carbocycles. The average Bonchev–Trinajstić information content (AvgIpc) is 3.94. The van der Waals surface area contributed by atoms with Gasteiger partial charge in [0.25, 0.3) is 0 Å². The van der Waals surface area contributed by atoms with E-state index in [4.69, 9.17) is 9.47 Å². The number of aliphatic hydroxyl groups is 1. The van der Waals surface area contributed by atoms with Gasteiger partial charge in [0.1, 0.15) is 5.25 Å². The van der Waals surface area contributed by atoms with Crippen LogP contribution in [-0.4, -0.2) is 96.4 Å². The van der Waals surface area contributed by atoms with E-state index in [2.05, 4.69) is 37.5 Å². The second kappa shape index (κ2) is 37.7. The quantitative estimate of drug-likeness (QED) is 0.0481. The minimum Gasteiger partial charge on any atom is -0.465 e. The summed E-state index contributed by atoms with van der Waals surface area (Å²) in [5.41, 5.74) is 0. The van der Waals surface area contributed by atoms with E-state index >= 15 is 0 Å². The molecule has 0 aromatic rings. The van der Waals surface area contributed by atoms with E-state index in [1.165, 1.54) is 154 Å². The zero-order chi connectivity index (χ0) is 42.6. The van der Waals surface area contributed by atoms with Crippen molar-refractivity contribution in [1.29, 1.82) is 0 Å². The Kier molecular flexibility index (Phi) is 34.7. The lowest BCUT2D eigenvalue weighted by Crippen LogP contribution is -2.41. The molecule has 1 N–H and O–H groups in total. The molecule has 0 aliphatic carbocycles. The van der Waals surface area contributed by atoms with Crippen molar-refractivity contribution in [3.63, 3.8) is 0 Å². The monoisotopic (exact) mass is 851 g/mol. The summed E-state index contributed by atoms with van der Waals surface area (Å²) in [5.74, 6) is 2.03. The molecule has 7 nitrogen and oxygen atoms in total. The molecule has 2 rings (SSSR count). The van der Waals surface area contributed by atoms with Crippen molar-refractivity contribution in [3.05, 3.63) is 0 Å². The molecule has 0 spiro atoms. The number of hydrogen-bond donors (Lipinski definition) is 1. The maximum Gasteiger partial charge on any atom is 0.319 e. The molecular formula is C51H98N2O5S. The summed E-state index contributed by atoms with van der Waals surface area (Å²) in [7, 11) is 0. The molecular weight excluding hydrogens is 753 g/mol. The lowest BCUT2D eigenvalue weighted by Gasteiger charge is -2.29. The van der Waals surface area contributed by atoms with E-state index in [9.17, 15) is 14.7 Å². The molecule has 0 bridgehead atoms. The number of carbonyl (C=O) groups excluding carboxylic acids is 2. The van der Waals surface area contributed by atoms with Crippen LogP contribution in [0.5, 0.6) is 0 Å². The molecule has 0 aromatic carbocycles. The molecule has 8 heteroatoms. The third kappa shape index (κ3) is 28.5. The maximum absolute atomic E-state index is 13.4. The van der Waals surface area contributed by atoms with Crippen LogP contribution in [0.2, 0.25) is 0 Å². The minimum absolute atomic E-state index is 0.00799. The van der Waals surface area contributed by atoms with Crippen molar-refractivity contribution in [2.45, 2.75) is 238 Å². The fraction of sp³-hybridized carbons (Fsp3) is 0.961. The number of thioether (sulfide) groups is 1. The number of hydrogen-bond acceptors (Lipinski definition) is 8. The zero-order valence-corrected chi connectivity index (χ0v) is 40.4. The van der Waals surface area contributed by atoms with E-state index in [1.807, 2.05) is 0 Å². The lowest BCUT2D eigenvalue weighted by atomic mass is 9.94. The molecule has 2 saturated heterocycles. The summed E-state index contributed by atoms with van der Waals surface area (Å²) in [5, 5.41) is 11.2. The standard InChI is InChI=1S/C51H98N2O5S/c1-5-9-13-17-19-23-31-45(30-22-15-11-7-3)43-58-51(56)49-40-46(44-59-49)41-53(38-37-52-35-27-28-36-52)42-48(54)34-26-21-29-39-57-50(55)47(32-24-16-12-8-4)33-25-20-18-14-10-6-2/h45-49,54H,5-44H2,1-4H3. The van der Waals surface area contributed by atoms with Gasteiger partial charge in [0.15, 0.2) is 0 Å². The van der Waals surface area contributed by atoms with Gasteiger partial charge in [-0.15, -0.1) is 11.8 Å². The lowest BCUT2D eigenvalue weighted by molar-refractivity contribution is -0.149. The Labute approximate surface area is 370 Å². The van der Waals surface area contributed by atoms with Crippen LogP contribution in [0, 0.1) is 17.8 Å². The Hall–Kier alpha value is -0.830. The molecule has 0 aromatic heterocycles. The molecule has 0 radical (unpaired) electrons. The van der Waals surface area contributed by atoms with Crippen LogP contribution in [0.15, 0.2) is 0 Å². The van der Waals surface area contributed by atoms with E-state index in [0.717, 1.165) is 83.2 Å². The number of esters is 2. The van der Waals surface area contributed by atoms with Crippen molar-refractivity contribution in [2.75, 3.05) is 58.2 Å². The Morgan fingerprint density at radius 3 is 1.76 bits per heavy atom. The van der Waals surface area contributed by atoms with Crippen LogP contribution in [0.3, 0.4) is 0 Å². The van der Waals surface area contributed by atoms with E-state index < -0.39 is 0 Å². The van der Waals surface area contributed by atoms with E-state index in [-0.39, 0.29) is 29.2 Å². The number of ether oxygens (including phenoxy) is 2. The molecule has 5 unspecified atom stereocenters. The van der Waals surface area contributed by atoms with Crippen molar-refractivity contribution >= 4 is 23.7 Å².